The summed E-state index contributed by atoms with van der Waals surface area (Å²) in [4.78, 5) is 2.19. The highest BCUT2D eigenvalue weighted by molar-refractivity contribution is 9.10. The minimum atomic E-state index is -0.196. The Labute approximate surface area is 127 Å². The molecule has 1 aromatic heterocycles. The van der Waals surface area contributed by atoms with Gasteiger partial charge in [-0.15, -0.1) is 0 Å². The summed E-state index contributed by atoms with van der Waals surface area (Å²) in [5.74, 6) is -0.196. The Hall–Kier alpha value is -1.20. The van der Waals surface area contributed by atoms with Crippen molar-refractivity contribution >= 4 is 15.9 Å². The van der Waals surface area contributed by atoms with Crippen LogP contribution < -0.4 is 0 Å². The normalized spacial score (nSPS) is 11.3. The number of hydrogen-bond acceptors (Lipinski definition) is 2. The number of halogens is 2. The fraction of sp³-hybridized carbons (Fsp3) is 0.400. The van der Waals surface area contributed by atoms with Crippen LogP contribution in [0.15, 0.2) is 28.7 Å². The lowest BCUT2D eigenvalue weighted by Gasteiger charge is -2.17. The van der Waals surface area contributed by atoms with Gasteiger partial charge in [-0.3, -0.25) is 9.58 Å². The second-order valence-corrected chi connectivity index (χ2v) is 5.78. The summed E-state index contributed by atoms with van der Waals surface area (Å²) < 4.78 is 15.9. The zero-order chi connectivity index (χ0) is 14.7. The van der Waals surface area contributed by atoms with Crippen molar-refractivity contribution in [1.29, 1.82) is 0 Å². The molecule has 0 spiro atoms. The summed E-state index contributed by atoms with van der Waals surface area (Å²) in [6.45, 7) is 3.67. The highest BCUT2D eigenvalue weighted by atomic mass is 79.9. The summed E-state index contributed by atoms with van der Waals surface area (Å²) in [5.41, 5.74) is 3.34. The average molecular weight is 340 g/mol. The van der Waals surface area contributed by atoms with E-state index in [1.165, 1.54) is 12.1 Å². The Morgan fingerprint density at radius 2 is 1.90 bits per heavy atom. The molecule has 1 aromatic carbocycles. The summed E-state index contributed by atoms with van der Waals surface area (Å²) in [6.07, 6.45) is 0.913. The summed E-state index contributed by atoms with van der Waals surface area (Å²) >= 11 is 3.63. The lowest BCUT2D eigenvalue weighted by atomic mass is 10.2. The van der Waals surface area contributed by atoms with Crippen molar-refractivity contribution in [3.63, 3.8) is 0 Å². The molecule has 0 radical (unpaired) electrons. The molecule has 0 amide bonds. The number of rotatable bonds is 5. The predicted molar refractivity (Wildman–Crippen MR) is 81.9 cm³/mol. The molecule has 1 heterocycles. The van der Waals surface area contributed by atoms with Crippen LogP contribution in [0.25, 0.3) is 0 Å². The highest BCUT2D eigenvalue weighted by Gasteiger charge is 2.14. The van der Waals surface area contributed by atoms with Crippen LogP contribution in [0.1, 0.15) is 23.9 Å². The first kappa shape index (κ1) is 15.2. The molecule has 0 fully saturated rings. The fourth-order valence-electron chi connectivity index (χ4n) is 2.20. The van der Waals surface area contributed by atoms with Crippen molar-refractivity contribution in [2.24, 2.45) is 7.05 Å². The predicted octanol–water partition coefficient (Wildman–Crippen LogP) is 3.52. The molecule has 108 valence electrons. The monoisotopic (exact) mass is 339 g/mol. The molecule has 3 nitrogen and oxygen atoms in total. The van der Waals surface area contributed by atoms with Crippen LogP contribution in [0, 0.1) is 5.82 Å². The molecule has 0 aliphatic rings. The Balaban J connectivity index is 2.06. The van der Waals surface area contributed by atoms with Gasteiger partial charge in [0.2, 0.25) is 0 Å². The fourth-order valence-corrected chi connectivity index (χ4v) is 2.95. The van der Waals surface area contributed by atoms with Gasteiger partial charge in [-0.2, -0.15) is 5.10 Å². The van der Waals surface area contributed by atoms with E-state index in [0.717, 1.165) is 40.9 Å². The summed E-state index contributed by atoms with van der Waals surface area (Å²) in [5, 5.41) is 4.49. The van der Waals surface area contributed by atoms with E-state index in [0.29, 0.717) is 0 Å². The SMILES string of the molecule is CCc1nn(C)c(CN(C)Cc2ccc(F)cc2)c1Br. The molecule has 2 rings (SSSR count). The zero-order valence-corrected chi connectivity index (χ0v) is 13.6. The van der Waals surface area contributed by atoms with E-state index >= 15 is 0 Å². The smallest absolute Gasteiger partial charge is 0.123 e. The summed E-state index contributed by atoms with van der Waals surface area (Å²) in [6, 6.07) is 6.64. The first-order valence-corrected chi connectivity index (χ1v) is 7.43. The van der Waals surface area contributed by atoms with E-state index in [-0.39, 0.29) is 5.82 Å². The molecule has 20 heavy (non-hydrogen) atoms. The second-order valence-electron chi connectivity index (χ2n) is 4.98. The number of aromatic nitrogens is 2. The van der Waals surface area contributed by atoms with Crippen molar-refractivity contribution in [2.75, 3.05) is 7.05 Å². The van der Waals surface area contributed by atoms with Crippen molar-refractivity contribution in [3.05, 3.63) is 51.5 Å². The quantitative estimate of drug-likeness (QED) is 0.831. The van der Waals surface area contributed by atoms with E-state index in [4.69, 9.17) is 0 Å². The first-order chi connectivity index (χ1) is 9.51. The van der Waals surface area contributed by atoms with Crippen molar-refractivity contribution < 1.29 is 4.39 Å². The lowest BCUT2D eigenvalue weighted by molar-refractivity contribution is 0.309. The maximum Gasteiger partial charge on any atom is 0.123 e. The van der Waals surface area contributed by atoms with Crippen LogP contribution in [0.4, 0.5) is 4.39 Å². The zero-order valence-electron chi connectivity index (χ0n) is 12.0. The van der Waals surface area contributed by atoms with Gasteiger partial charge in [-0.1, -0.05) is 19.1 Å². The Morgan fingerprint density at radius 1 is 1.25 bits per heavy atom. The molecular formula is C15H19BrFN3. The van der Waals surface area contributed by atoms with E-state index < -0.39 is 0 Å². The molecule has 0 bridgehead atoms. The third kappa shape index (κ3) is 3.46. The molecule has 0 saturated carbocycles. The third-order valence-electron chi connectivity index (χ3n) is 3.29. The van der Waals surface area contributed by atoms with Crippen LogP contribution >= 0.6 is 15.9 Å². The molecule has 2 aromatic rings. The van der Waals surface area contributed by atoms with E-state index in [1.54, 1.807) is 0 Å². The van der Waals surface area contributed by atoms with Crippen LogP contribution in [-0.2, 0) is 26.6 Å². The molecule has 0 aliphatic heterocycles. The van der Waals surface area contributed by atoms with Gasteiger partial charge in [0.15, 0.2) is 0 Å². The minimum Gasteiger partial charge on any atom is -0.296 e. The first-order valence-electron chi connectivity index (χ1n) is 6.64. The maximum atomic E-state index is 12.9. The number of benzene rings is 1. The number of nitrogens with zero attached hydrogens (tertiary/aromatic N) is 3. The van der Waals surface area contributed by atoms with Gasteiger partial charge in [0.1, 0.15) is 5.82 Å². The largest absolute Gasteiger partial charge is 0.296 e. The number of aryl methyl sites for hydroxylation is 2. The molecule has 0 unspecified atom stereocenters. The highest BCUT2D eigenvalue weighted by Crippen LogP contribution is 2.23. The van der Waals surface area contributed by atoms with Gasteiger partial charge in [0, 0.05) is 20.1 Å². The third-order valence-corrected chi connectivity index (χ3v) is 4.20. The Morgan fingerprint density at radius 3 is 2.45 bits per heavy atom. The molecular weight excluding hydrogens is 321 g/mol. The van der Waals surface area contributed by atoms with E-state index in [2.05, 4.69) is 39.9 Å². The van der Waals surface area contributed by atoms with Crippen LogP contribution in [-0.4, -0.2) is 21.7 Å². The topological polar surface area (TPSA) is 21.1 Å². The lowest BCUT2D eigenvalue weighted by Crippen LogP contribution is -2.19. The van der Waals surface area contributed by atoms with Gasteiger partial charge < -0.3 is 0 Å². The molecule has 0 atom stereocenters. The second kappa shape index (κ2) is 6.50. The molecule has 0 N–H and O–H groups in total. The van der Waals surface area contributed by atoms with Gasteiger partial charge in [-0.05, 0) is 47.1 Å². The van der Waals surface area contributed by atoms with Crippen LogP contribution in [0.5, 0.6) is 0 Å². The van der Waals surface area contributed by atoms with E-state index in [9.17, 15) is 4.39 Å². The number of hydrogen-bond donors (Lipinski definition) is 0. The molecule has 0 saturated heterocycles. The van der Waals surface area contributed by atoms with E-state index in [1.807, 2.05) is 23.9 Å². The van der Waals surface area contributed by atoms with Crippen LogP contribution in [0.2, 0.25) is 0 Å². The summed E-state index contributed by atoms with van der Waals surface area (Å²) in [7, 11) is 4.01. The van der Waals surface area contributed by atoms with Gasteiger partial charge in [0.05, 0.1) is 15.9 Å². The minimum absolute atomic E-state index is 0.196. The maximum absolute atomic E-state index is 12.9. The van der Waals surface area contributed by atoms with Crippen molar-refractivity contribution in [3.8, 4) is 0 Å². The Bertz CT molecular complexity index is 578. The van der Waals surface area contributed by atoms with Crippen molar-refractivity contribution in [1.82, 2.24) is 14.7 Å². The van der Waals surface area contributed by atoms with Gasteiger partial charge in [-0.25, -0.2) is 4.39 Å². The molecule has 0 aliphatic carbocycles. The average Bonchev–Trinajstić information content (AvgIpc) is 2.69. The van der Waals surface area contributed by atoms with Gasteiger partial charge in [0.25, 0.3) is 0 Å². The van der Waals surface area contributed by atoms with Crippen LogP contribution in [0.3, 0.4) is 0 Å². The van der Waals surface area contributed by atoms with Crippen molar-refractivity contribution in [2.45, 2.75) is 26.4 Å². The van der Waals surface area contributed by atoms with Gasteiger partial charge >= 0.3 is 0 Å². The molecule has 5 heteroatoms. The Kier molecular flexibility index (Phi) is 4.94. The standard InChI is InChI=1S/C15H19BrFN3/c1-4-13-15(16)14(20(3)18-13)10-19(2)9-11-5-7-12(17)8-6-11/h5-8H,4,9-10H2,1-3H3.